The molecule has 1 heterocycles. The molecular formula is C13H19NOS2. The molecule has 2 N–H and O–H groups in total. The van der Waals surface area contributed by atoms with E-state index in [4.69, 9.17) is 5.73 Å². The van der Waals surface area contributed by atoms with Gasteiger partial charge in [0.15, 0.2) is 0 Å². The maximum Gasteiger partial charge on any atom is 0.0410 e. The monoisotopic (exact) mass is 269 g/mol. The van der Waals surface area contributed by atoms with Crippen LogP contribution in [0.5, 0.6) is 0 Å². The summed E-state index contributed by atoms with van der Waals surface area (Å²) >= 11 is 1.86. The minimum atomic E-state index is -0.813. The fourth-order valence-electron chi connectivity index (χ4n) is 2.03. The number of fused-ring (bicyclic) bond motifs is 1. The predicted molar refractivity (Wildman–Crippen MR) is 75.9 cm³/mol. The molecule has 1 aliphatic rings. The van der Waals surface area contributed by atoms with Crippen LogP contribution in [0, 0.1) is 0 Å². The van der Waals surface area contributed by atoms with E-state index in [1.807, 2.05) is 25.6 Å². The average Bonchev–Trinajstić information content (AvgIpc) is 2.55. The van der Waals surface area contributed by atoms with Gasteiger partial charge >= 0.3 is 0 Å². The second-order valence-corrected chi connectivity index (χ2v) is 8.13. The molecule has 1 aromatic carbocycles. The zero-order valence-corrected chi connectivity index (χ0v) is 11.9. The molecule has 4 heteroatoms. The number of hydrogen-bond donors (Lipinski definition) is 1. The van der Waals surface area contributed by atoms with Crippen molar-refractivity contribution in [3.05, 3.63) is 29.8 Å². The zero-order chi connectivity index (χ0) is 12.5. The van der Waals surface area contributed by atoms with Crippen LogP contribution in [0.15, 0.2) is 29.2 Å². The van der Waals surface area contributed by atoms with Gasteiger partial charge in [0.2, 0.25) is 0 Å². The van der Waals surface area contributed by atoms with Crippen LogP contribution < -0.4 is 5.73 Å². The minimum absolute atomic E-state index is 0.332. The minimum Gasteiger partial charge on any atom is -0.325 e. The lowest BCUT2D eigenvalue weighted by Crippen LogP contribution is -2.39. The molecule has 0 aromatic heterocycles. The van der Waals surface area contributed by atoms with E-state index in [2.05, 4.69) is 24.3 Å². The molecule has 94 valence electrons. The highest BCUT2D eigenvalue weighted by molar-refractivity contribution is 8.01. The zero-order valence-electron chi connectivity index (χ0n) is 10.3. The van der Waals surface area contributed by atoms with Gasteiger partial charge < -0.3 is 5.73 Å². The van der Waals surface area contributed by atoms with Gasteiger partial charge in [0.1, 0.15) is 0 Å². The quantitative estimate of drug-likeness (QED) is 0.911. The van der Waals surface area contributed by atoms with E-state index in [1.54, 1.807) is 0 Å². The molecule has 0 fully saturated rings. The second-order valence-electron chi connectivity index (χ2n) is 5.29. The molecule has 2 unspecified atom stereocenters. The standard InChI is InChI=1S/C13H19NOS2/c1-13(2,14)9-17(15)8-11-7-10-5-3-4-6-12(10)16-11/h3-6,11H,7-9,14H2,1-2H3. The van der Waals surface area contributed by atoms with Gasteiger partial charge in [0.25, 0.3) is 0 Å². The van der Waals surface area contributed by atoms with E-state index in [0.717, 1.165) is 12.2 Å². The van der Waals surface area contributed by atoms with Crippen molar-refractivity contribution in [3.8, 4) is 0 Å². The summed E-state index contributed by atoms with van der Waals surface area (Å²) < 4.78 is 12.0. The molecule has 1 aromatic rings. The van der Waals surface area contributed by atoms with Crippen LogP contribution in [0.2, 0.25) is 0 Å². The van der Waals surface area contributed by atoms with E-state index in [-0.39, 0.29) is 5.54 Å². The average molecular weight is 269 g/mol. The third kappa shape index (κ3) is 3.83. The highest BCUT2D eigenvalue weighted by Gasteiger charge is 2.25. The number of benzene rings is 1. The lowest BCUT2D eigenvalue weighted by Gasteiger charge is -2.18. The Morgan fingerprint density at radius 2 is 2.18 bits per heavy atom. The first-order valence-electron chi connectivity index (χ1n) is 5.82. The Labute approximate surface area is 110 Å². The van der Waals surface area contributed by atoms with Crippen LogP contribution in [0.25, 0.3) is 0 Å². The lowest BCUT2D eigenvalue weighted by molar-refractivity contribution is 0.577. The Hall–Kier alpha value is -0.320. The van der Waals surface area contributed by atoms with Crippen molar-refractivity contribution in [2.75, 3.05) is 11.5 Å². The summed E-state index contributed by atoms with van der Waals surface area (Å²) in [6.07, 6.45) is 1.04. The Bertz CT molecular complexity index is 401. The largest absolute Gasteiger partial charge is 0.325 e. The SMILES string of the molecule is CC(C)(N)CS(=O)CC1Cc2ccccc2S1. The number of nitrogens with two attached hydrogens (primary N) is 1. The summed E-state index contributed by atoms with van der Waals surface area (Å²) in [5.41, 5.74) is 6.96. The van der Waals surface area contributed by atoms with Crippen molar-refractivity contribution in [2.24, 2.45) is 5.73 Å². The fraction of sp³-hybridized carbons (Fsp3) is 0.538. The third-order valence-electron chi connectivity index (χ3n) is 2.62. The highest BCUT2D eigenvalue weighted by Crippen LogP contribution is 2.37. The Kier molecular flexibility index (Phi) is 3.95. The molecule has 0 amide bonds. The molecule has 2 rings (SSSR count). The normalized spacial score (nSPS) is 21.2. The summed E-state index contributed by atoms with van der Waals surface area (Å²) in [7, 11) is -0.813. The van der Waals surface area contributed by atoms with Crippen LogP contribution >= 0.6 is 11.8 Å². The lowest BCUT2D eigenvalue weighted by atomic mass is 10.1. The van der Waals surface area contributed by atoms with Gasteiger partial charge in [0, 0.05) is 38.0 Å². The Morgan fingerprint density at radius 1 is 1.47 bits per heavy atom. The molecule has 0 saturated heterocycles. The molecule has 0 aliphatic carbocycles. The van der Waals surface area contributed by atoms with Gasteiger partial charge in [-0.25, -0.2) is 0 Å². The number of thioether (sulfide) groups is 1. The third-order valence-corrected chi connectivity index (χ3v) is 5.99. The second kappa shape index (κ2) is 5.12. The molecule has 1 aliphatic heterocycles. The van der Waals surface area contributed by atoms with Crippen molar-refractivity contribution in [3.63, 3.8) is 0 Å². The summed E-state index contributed by atoms with van der Waals surface area (Å²) in [6, 6.07) is 8.45. The van der Waals surface area contributed by atoms with Gasteiger partial charge in [-0.2, -0.15) is 0 Å². The molecular weight excluding hydrogens is 250 g/mol. The summed E-state index contributed by atoms with van der Waals surface area (Å²) in [5.74, 6) is 1.33. The van der Waals surface area contributed by atoms with Gasteiger partial charge in [-0.3, -0.25) is 4.21 Å². The van der Waals surface area contributed by atoms with E-state index in [9.17, 15) is 4.21 Å². The molecule has 17 heavy (non-hydrogen) atoms. The molecule has 2 atom stereocenters. The van der Waals surface area contributed by atoms with Gasteiger partial charge in [-0.1, -0.05) is 18.2 Å². The summed E-state index contributed by atoms with van der Waals surface area (Å²) in [5, 5.41) is 0.454. The number of hydrogen-bond acceptors (Lipinski definition) is 3. The highest BCUT2D eigenvalue weighted by atomic mass is 32.2. The Morgan fingerprint density at radius 3 is 2.82 bits per heavy atom. The molecule has 0 radical (unpaired) electrons. The van der Waals surface area contributed by atoms with E-state index < -0.39 is 10.8 Å². The van der Waals surface area contributed by atoms with Crippen molar-refractivity contribution in [1.82, 2.24) is 0 Å². The topological polar surface area (TPSA) is 43.1 Å². The first kappa shape index (κ1) is 13.1. The van der Waals surface area contributed by atoms with E-state index >= 15 is 0 Å². The van der Waals surface area contributed by atoms with Crippen molar-refractivity contribution >= 4 is 22.6 Å². The van der Waals surface area contributed by atoms with E-state index in [1.165, 1.54) is 10.5 Å². The molecule has 0 saturated carbocycles. The summed E-state index contributed by atoms with van der Waals surface area (Å²) in [6.45, 7) is 3.86. The molecule has 2 nitrogen and oxygen atoms in total. The van der Waals surface area contributed by atoms with Crippen LogP contribution in [0.4, 0.5) is 0 Å². The van der Waals surface area contributed by atoms with Crippen LogP contribution in [0.1, 0.15) is 19.4 Å². The maximum atomic E-state index is 12.0. The van der Waals surface area contributed by atoms with Gasteiger partial charge in [-0.15, -0.1) is 11.8 Å². The molecule has 0 spiro atoms. The van der Waals surface area contributed by atoms with E-state index in [0.29, 0.717) is 11.0 Å². The maximum absolute atomic E-state index is 12.0. The Balaban J connectivity index is 1.90. The van der Waals surface area contributed by atoms with Crippen LogP contribution in [0.3, 0.4) is 0 Å². The summed E-state index contributed by atoms with van der Waals surface area (Å²) in [4.78, 5) is 1.35. The van der Waals surface area contributed by atoms with Crippen molar-refractivity contribution in [2.45, 2.75) is 36.0 Å². The predicted octanol–water partition coefficient (Wildman–Crippen LogP) is 2.19. The van der Waals surface area contributed by atoms with Crippen molar-refractivity contribution < 1.29 is 4.21 Å². The van der Waals surface area contributed by atoms with Crippen molar-refractivity contribution in [1.29, 1.82) is 0 Å². The first-order chi connectivity index (χ1) is 7.94. The van der Waals surface area contributed by atoms with Crippen LogP contribution in [-0.4, -0.2) is 26.5 Å². The van der Waals surface area contributed by atoms with Crippen LogP contribution in [-0.2, 0) is 17.2 Å². The smallest absolute Gasteiger partial charge is 0.0410 e. The molecule has 0 bridgehead atoms. The van der Waals surface area contributed by atoms with Gasteiger partial charge in [-0.05, 0) is 31.9 Å². The van der Waals surface area contributed by atoms with Gasteiger partial charge in [0.05, 0.1) is 0 Å². The first-order valence-corrected chi connectivity index (χ1v) is 8.19. The number of rotatable bonds is 4. The fourth-order valence-corrected chi connectivity index (χ4v) is 5.32.